The molecular formula is C9H10ClN3O. The average Bonchev–Trinajstić information content (AvgIpc) is 2.10. The van der Waals surface area contributed by atoms with Crippen molar-refractivity contribution < 1.29 is 4.79 Å². The molecule has 14 heavy (non-hydrogen) atoms. The van der Waals surface area contributed by atoms with Gasteiger partial charge in [0.25, 0.3) is 0 Å². The van der Waals surface area contributed by atoms with E-state index in [1.165, 1.54) is 0 Å². The number of nitrogen functional groups attached to an aromatic ring is 1. The fourth-order valence-corrected chi connectivity index (χ4v) is 0.988. The predicted molar refractivity (Wildman–Crippen MR) is 56.5 cm³/mol. The first kappa shape index (κ1) is 10.5. The SMILES string of the molecule is NC(=O)CC=Cc1cnc(Cl)c(N)c1. The van der Waals surface area contributed by atoms with Gasteiger partial charge < -0.3 is 11.5 Å². The number of anilines is 1. The molecule has 0 radical (unpaired) electrons. The number of carbonyl (C=O) groups is 1. The van der Waals surface area contributed by atoms with E-state index in [-0.39, 0.29) is 17.5 Å². The van der Waals surface area contributed by atoms with Gasteiger partial charge in [-0.25, -0.2) is 4.98 Å². The molecular weight excluding hydrogens is 202 g/mol. The maximum absolute atomic E-state index is 10.4. The van der Waals surface area contributed by atoms with Crippen LogP contribution in [0.3, 0.4) is 0 Å². The molecule has 0 bridgehead atoms. The Kier molecular flexibility index (Phi) is 3.48. The lowest BCUT2D eigenvalue weighted by atomic mass is 10.2. The molecule has 5 heteroatoms. The van der Waals surface area contributed by atoms with Crippen LogP contribution in [0, 0.1) is 0 Å². The molecule has 0 saturated carbocycles. The normalized spacial score (nSPS) is 10.6. The predicted octanol–water partition coefficient (Wildman–Crippen LogP) is 1.21. The van der Waals surface area contributed by atoms with Crippen LogP contribution in [-0.2, 0) is 4.79 Å². The molecule has 1 rings (SSSR count). The summed E-state index contributed by atoms with van der Waals surface area (Å²) in [6, 6.07) is 1.67. The number of aromatic nitrogens is 1. The van der Waals surface area contributed by atoms with Crippen molar-refractivity contribution >= 4 is 29.3 Å². The summed E-state index contributed by atoms with van der Waals surface area (Å²) in [6.07, 6.45) is 5.12. The van der Waals surface area contributed by atoms with E-state index >= 15 is 0 Å². The third-order valence-corrected chi connectivity index (χ3v) is 1.83. The number of pyridine rings is 1. The maximum Gasteiger partial charge on any atom is 0.221 e. The minimum Gasteiger partial charge on any atom is -0.396 e. The zero-order valence-electron chi connectivity index (χ0n) is 7.40. The van der Waals surface area contributed by atoms with E-state index in [1.807, 2.05) is 0 Å². The first-order chi connectivity index (χ1) is 6.59. The van der Waals surface area contributed by atoms with Crippen LogP contribution in [0.5, 0.6) is 0 Å². The van der Waals surface area contributed by atoms with E-state index in [2.05, 4.69) is 4.98 Å². The van der Waals surface area contributed by atoms with Crippen LogP contribution in [0.25, 0.3) is 6.08 Å². The molecule has 0 saturated heterocycles. The molecule has 74 valence electrons. The molecule has 0 spiro atoms. The van der Waals surface area contributed by atoms with Gasteiger partial charge in [0, 0.05) is 12.6 Å². The van der Waals surface area contributed by atoms with Crippen molar-refractivity contribution in [3.8, 4) is 0 Å². The van der Waals surface area contributed by atoms with Crippen LogP contribution in [0.15, 0.2) is 18.3 Å². The molecule has 0 aliphatic rings. The van der Waals surface area contributed by atoms with Crippen molar-refractivity contribution in [2.24, 2.45) is 5.73 Å². The van der Waals surface area contributed by atoms with Gasteiger partial charge in [0.1, 0.15) is 0 Å². The topological polar surface area (TPSA) is 82.0 Å². The minimum atomic E-state index is -0.379. The summed E-state index contributed by atoms with van der Waals surface area (Å²) < 4.78 is 0. The van der Waals surface area contributed by atoms with Gasteiger partial charge >= 0.3 is 0 Å². The second-order valence-corrected chi connectivity index (χ2v) is 3.08. The summed E-state index contributed by atoms with van der Waals surface area (Å²) in [5.41, 5.74) is 11.7. The monoisotopic (exact) mass is 211 g/mol. The largest absolute Gasteiger partial charge is 0.396 e. The Labute approximate surface area is 86.6 Å². The molecule has 0 aliphatic heterocycles. The Morgan fingerprint density at radius 1 is 1.64 bits per heavy atom. The number of halogens is 1. The summed E-state index contributed by atoms with van der Waals surface area (Å²) >= 11 is 5.63. The number of nitrogens with two attached hydrogens (primary N) is 2. The van der Waals surface area contributed by atoms with Crippen molar-refractivity contribution in [1.82, 2.24) is 4.98 Å². The number of hydrogen-bond acceptors (Lipinski definition) is 3. The maximum atomic E-state index is 10.4. The Morgan fingerprint density at radius 2 is 2.36 bits per heavy atom. The molecule has 0 aliphatic carbocycles. The summed E-state index contributed by atoms with van der Waals surface area (Å²) in [5.74, 6) is -0.379. The number of nitrogens with zero attached hydrogens (tertiary/aromatic N) is 1. The smallest absolute Gasteiger partial charge is 0.221 e. The van der Waals surface area contributed by atoms with Crippen LogP contribution >= 0.6 is 11.6 Å². The summed E-state index contributed by atoms with van der Waals surface area (Å²) in [7, 11) is 0. The minimum absolute atomic E-state index is 0.197. The van der Waals surface area contributed by atoms with Gasteiger partial charge in [-0.15, -0.1) is 0 Å². The van der Waals surface area contributed by atoms with Crippen LogP contribution in [-0.4, -0.2) is 10.9 Å². The highest BCUT2D eigenvalue weighted by molar-refractivity contribution is 6.31. The van der Waals surface area contributed by atoms with Crippen LogP contribution in [0.2, 0.25) is 5.15 Å². The van der Waals surface area contributed by atoms with Gasteiger partial charge in [-0.1, -0.05) is 23.8 Å². The second kappa shape index (κ2) is 4.62. The molecule has 0 unspecified atom stereocenters. The third kappa shape index (κ3) is 3.06. The average molecular weight is 212 g/mol. The molecule has 0 fully saturated rings. The Bertz CT molecular complexity index is 376. The van der Waals surface area contributed by atoms with Crippen molar-refractivity contribution in [3.05, 3.63) is 29.1 Å². The lowest BCUT2D eigenvalue weighted by Gasteiger charge is -1.97. The van der Waals surface area contributed by atoms with Gasteiger partial charge in [0.05, 0.1) is 5.69 Å². The number of primary amides is 1. The molecule has 0 atom stereocenters. The van der Waals surface area contributed by atoms with E-state index in [4.69, 9.17) is 23.1 Å². The zero-order chi connectivity index (χ0) is 10.6. The Balaban J connectivity index is 2.73. The first-order valence-electron chi connectivity index (χ1n) is 3.95. The molecule has 1 aromatic rings. The van der Waals surface area contributed by atoms with Crippen LogP contribution in [0.4, 0.5) is 5.69 Å². The highest BCUT2D eigenvalue weighted by Crippen LogP contribution is 2.16. The van der Waals surface area contributed by atoms with Gasteiger partial charge in [0.2, 0.25) is 5.91 Å². The van der Waals surface area contributed by atoms with Crippen LogP contribution < -0.4 is 11.5 Å². The summed E-state index contributed by atoms with van der Waals surface area (Å²) in [5, 5.41) is 0.275. The van der Waals surface area contributed by atoms with E-state index in [0.717, 1.165) is 5.56 Å². The lowest BCUT2D eigenvalue weighted by Crippen LogP contribution is -2.07. The van der Waals surface area contributed by atoms with Gasteiger partial charge in [-0.05, 0) is 11.6 Å². The van der Waals surface area contributed by atoms with Crippen molar-refractivity contribution in [2.75, 3.05) is 5.73 Å². The fraction of sp³-hybridized carbons (Fsp3) is 0.111. The molecule has 4 N–H and O–H groups in total. The standard InChI is InChI=1S/C9H10ClN3O/c10-9-7(11)4-6(5-13-9)2-1-3-8(12)14/h1-2,4-5H,3,11H2,(H2,12,14). The molecule has 1 amide bonds. The summed E-state index contributed by atoms with van der Waals surface area (Å²) in [4.78, 5) is 14.3. The van der Waals surface area contributed by atoms with Crippen molar-refractivity contribution in [2.45, 2.75) is 6.42 Å². The number of carbonyl (C=O) groups excluding carboxylic acids is 1. The second-order valence-electron chi connectivity index (χ2n) is 2.72. The molecule has 0 aromatic carbocycles. The number of rotatable bonds is 3. The third-order valence-electron chi connectivity index (χ3n) is 1.52. The number of hydrogen-bond donors (Lipinski definition) is 2. The Hall–Kier alpha value is -1.55. The van der Waals surface area contributed by atoms with E-state index in [1.54, 1.807) is 24.4 Å². The van der Waals surface area contributed by atoms with E-state index in [0.29, 0.717) is 5.69 Å². The quantitative estimate of drug-likeness (QED) is 0.738. The lowest BCUT2D eigenvalue weighted by molar-refractivity contribution is -0.117. The number of amides is 1. The van der Waals surface area contributed by atoms with Gasteiger partial charge in [-0.3, -0.25) is 4.79 Å². The van der Waals surface area contributed by atoms with Gasteiger partial charge in [-0.2, -0.15) is 0 Å². The van der Waals surface area contributed by atoms with Crippen molar-refractivity contribution in [3.63, 3.8) is 0 Å². The van der Waals surface area contributed by atoms with E-state index < -0.39 is 0 Å². The molecule has 4 nitrogen and oxygen atoms in total. The van der Waals surface area contributed by atoms with Crippen molar-refractivity contribution in [1.29, 1.82) is 0 Å². The van der Waals surface area contributed by atoms with E-state index in [9.17, 15) is 4.79 Å². The molecule has 1 heterocycles. The summed E-state index contributed by atoms with van der Waals surface area (Å²) in [6.45, 7) is 0. The first-order valence-corrected chi connectivity index (χ1v) is 4.33. The van der Waals surface area contributed by atoms with Crippen LogP contribution in [0.1, 0.15) is 12.0 Å². The zero-order valence-corrected chi connectivity index (χ0v) is 8.16. The highest BCUT2D eigenvalue weighted by atomic mass is 35.5. The highest BCUT2D eigenvalue weighted by Gasteiger charge is 1.96. The molecule has 1 aromatic heterocycles. The van der Waals surface area contributed by atoms with Gasteiger partial charge in [0.15, 0.2) is 5.15 Å². The fourth-order valence-electron chi connectivity index (χ4n) is 0.884. The Morgan fingerprint density at radius 3 is 2.93 bits per heavy atom.